The zero-order chi connectivity index (χ0) is 5.11. The van der Waals surface area contributed by atoms with Gasteiger partial charge in [0.05, 0.1) is 7.11 Å². The van der Waals surface area contributed by atoms with Gasteiger partial charge in [-0.1, -0.05) is 0 Å². The van der Waals surface area contributed by atoms with Gasteiger partial charge in [0.1, 0.15) is 0 Å². The third kappa shape index (κ3) is 3.24. The number of halogens is 1. The summed E-state index contributed by atoms with van der Waals surface area (Å²) in [6.07, 6.45) is 2.77. The van der Waals surface area contributed by atoms with Crippen LogP contribution in [0.15, 0.2) is 0 Å². The number of rotatable bonds is 3. The second-order valence-corrected chi connectivity index (χ2v) is 2.00. The molecule has 0 spiro atoms. The van der Waals surface area contributed by atoms with Gasteiger partial charge in [0, 0.05) is 6.54 Å². The van der Waals surface area contributed by atoms with Crippen LogP contribution in [-0.4, -0.2) is 13.7 Å². The first-order chi connectivity index (χ1) is 3.43. The highest BCUT2D eigenvalue weighted by Gasteiger charge is 2.19. The van der Waals surface area contributed by atoms with Crippen molar-refractivity contribution >= 4 is 12.4 Å². The molecule has 1 N–H and O–H groups in total. The zero-order valence-corrected chi connectivity index (χ0v) is 5.83. The van der Waals surface area contributed by atoms with Gasteiger partial charge < -0.3 is 4.84 Å². The van der Waals surface area contributed by atoms with Gasteiger partial charge in [0.15, 0.2) is 0 Å². The summed E-state index contributed by atoms with van der Waals surface area (Å²) in [5, 5.41) is 0. The minimum absolute atomic E-state index is 0. The van der Waals surface area contributed by atoms with E-state index in [9.17, 15) is 0 Å². The molecule has 1 aliphatic carbocycles. The van der Waals surface area contributed by atoms with Gasteiger partial charge in [-0.2, -0.15) is 0 Å². The van der Waals surface area contributed by atoms with Crippen LogP contribution in [0.4, 0.5) is 0 Å². The first-order valence-electron chi connectivity index (χ1n) is 2.69. The molecule has 0 radical (unpaired) electrons. The predicted molar refractivity (Wildman–Crippen MR) is 35.0 cm³/mol. The molecule has 8 heavy (non-hydrogen) atoms. The Morgan fingerprint density at radius 3 is 2.62 bits per heavy atom. The maximum absolute atomic E-state index is 4.64. The summed E-state index contributed by atoms with van der Waals surface area (Å²) in [7, 11) is 1.66. The Bertz CT molecular complexity index is 56.4. The Hall–Kier alpha value is 0.210. The summed E-state index contributed by atoms with van der Waals surface area (Å²) in [6, 6.07) is 0. The molecule has 0 aromatic heterocycles. The summed E-state index contributed by atoms with van der Waals surface area (Å²) in [5.41, 5.74) is 2.81. The van der Waals surface area contributed by atoms with Crippen LogP contribution in [0.25, 0.3) is 0 Å². The molecule has 0 heterocycles. The van der Waals surface area contributed by atoms with Crippen LogP contribution in [0.1, 0.15) is 12.8 Å². The lowest BCUT2D eigenvalue weighted by molar-refractivity contribution is 0.0885. The first kappa shape index (κ1) is 8.21. The highest BCUT2D eigenvalue weighted by molar-refractivity contribution is 5.85. The molecule has 1 fully saturated rings. The maximum Gasteiger partial charge on any atom is 0.0572 e. The van der Waals surface area contributed by atoms with Gasteiger partial charge in [-0.05, 0) is 18.8 Å². The van der Waals surface area contributed by atoms with Crippen LogP contribution in [0.5, 0.6) is 0 Å². The molecule has 3 heteroatoms. The lowest BCUT2D eigenvalue weighted by Crippen LogP contribution is -2.14. The van der Waals surface area contributed by atoms with Crippen LogP contribution < -0.4 is 5.48 Å². The van der Waals surface area contributed by atoms with E-state index in [0.717, 1.165) is 12.5 Å². The van der Waals surface area contributed by atoms with Gasteiger partial charge in [-0.15, -0.1) is 12.4 Å². The summed E-state index contributed by atoms with van der Waals surface area (Å²) in [5.74, 6) is 0.917. The fourth-order valence-electron chi connectivity index (χ4n) is 0.523. The second kappa shape index (κ2) is 4.13. The standard InChI is InChI=1S/C5H11NO.ClH/c1-7-6-4-5-2-3-5;/h5-6H,2-4H2,1H3;1H. The van der Waals surface area contributed by atoms with Crippen molar-refractivity contribution in [1.82, 2.24) is 5.48 Å². The van der Waals surface area contributed by atoms with Crippen molar-refractivity contribution in [3.8, 4) is 0 Å². The fourth-order valence-corrected chi connectivity index (χ4v) is 0.523. The van der Waals surface area contributed by atoms with E-state index in [0.29, 0.717) is 0 Å². The number of hydroxylamine groups is 1. The molecule has 50 valence electrons. The van der Waals surface area contributed by atoms with Crippen molar-refractivity contribution in [1.29, 1.82) is 0 Å². The smallest absolute Gasteiger partial charge is 0.0572 e. The van der Waals surface area contributed by atoms with Crippen LogP contribution >= 0.6 is 12.4 Å². The van der Waals surface area contributed by atoms with E-state index in [-0.39, 0.29) is 12.4 Å². The Kier molecular flexibility index (Phi) is 4.23. The van der Waals surface area contributed by atoms with E-state index in [1.165, 1.54) is 12.8 Å². The predicted octanol–water partition coefficient (Wildman–Crippen LogP) is 0.969. The van der Waals surface area contributed by atoms with E-state index in [1.807, 2.05) is 0 Å². The molecule has 0 saturated heterocycles. The monoisotopic (exact) mass is 137 g/mol. The minimum atomic E-state index is 0. The molecule has 2 nitrogen and oxygen atoms in total. The van der Waals surface area contributed by atoms with Crippen molar-refractivity contribution < 1.29 is 4.84 Å². The van der Waals surface area contributed by atoms with E-state index in [4.69, 9.17) is 0 Å². The van der Waals surface area contributed by atoms with Crippen LogP contribution in [0, 0.1) is 5.92 Å². The molecular weight excluding hydrogens is 126 g/mol. The third-order valence-electron chi connectivity index (χ3n) is 1.21. The van der Waals surface area contributed by atoms with Crippen LogP contribution in [0.2, 0.25) is 0 Å². The van der Waals surface area contributed by atoms with Gasteiger partial charge in [-0.25, -0.2) is 5.48 Å². The largest absolute Gasteiger partial charge is 0.305 e. The summed E-state index contributed by atoms with van der Waals surface area (Å²) in [4.78, 5) is 4.64. The molecule has 1 saturated carbocycles. The molecule has 0 atom stereocenters. The lowest BCUT2D eigenvalue weighted by Gasteiger charge is -1.94. The molecule has 1 aliphatic rings. The van der Waals surface area contributed by atoms with Crippen molar-refractivity contribution in [2.75, 3.05) is 13.7 Å². The van der Waals surface area contributed by atoms with Gasteiger partial charge >= 0.3 is 0 Å². The zero-order valence-electron chi connectivity index (χ0n) is 5.02. The van der Waals surface area contributed by atoms with Crippen LogP contribution in [-0.2, 0) is 4.84 Å². The fraction of sp³-hybridized carbons (Fsp3) is 1.00. The van der Waals surface area contributed by atoms with Crippen molar-refractivity contribution in [2.24, 2.45) is 5.92 Å². The molecular formula is C5H12ClNO. The quantitative estimate of drug-likeness (QED) is 0.586. The molecule has 0 amide bonds. The molecule has 0 aromatic rings. The molecule has 0 bridgehead atoms. The highest BCUT2D eigenvalue weighted by Crippen LogP contribution is 2.27. The maximum atomic E-state index is 4.64. The Morgan fingerprint density at radius 2 is 2.25 bits per heavy atom. The minimum Gasteiger partial charge on any atom is -0.305 e. The summed E-state index contributed by atoms with van der Waals surface area (Å²) < 4.78 is 0. The van der Waals surface area contributed by atoms with E-state index in [1.54, 1.807) is 7.11 Å². The van der Waals surface area contributed by atoms with Gasteiger partial charge in [-0.3, -0.25) is 0 Å². The van der Waals surface area contributed by atoms with Crippen molar-refractivity contribution in [3.63, 3.8) is 0 Å². The Labute approximate surface area is 56.0 Å². The number of hydrogen-bond acceptors (Lipinski definition) is 2. The number of nitrogens with one attached hydrogen (secondary N) is 1. The Morgan fingerprint density at radius 1 is 1.62 bits per heavy atom. The molecule has 0 aliphatic heterocycles. The van der Waals surface area contributed by atoms with E-state index >= 15 is 0 Å². The van der Waals surface area contributed by atoms with Gasteiger partial charge in [0.25, 0.3) is 0 Å². The molecule has 0 aromatic carbocycles. The first-order valence-corrected chi connectivity index (χ1v) is 2.69. The normalized spacial score (nSPS) is 17.6. The topological polar surface area (TPSA) is 21.3 Å². The average molecular weight is 138 g/mol. The third-order valence-corrected chi connectivity index (χ3v) is 1.21. The van der Waals surface area contributed by atoms with Crippen molar-refractivity contribution in [3.05, 3.63) is 0 Å². The molecule has 1 rings (SSSR count). The summed E-state index contributed by atoms with van der Waals surface area (Å²) >= 11 is 0. The lowest BCUT2D eigenvalue weighted by atomic mass is 10.4. The second-order valence-electron chi connectivity index (χ2n) is 2.00. The number of hydrogen-bond donors (Lipinski definition) is 1. The van der Waals surface area contributed by atoms with E-state index in [2.05, 4.69) is 10.3 Å². The van der Waals surface area contributed by atoms with E-state index < -0.39 is 0 Å². The highest BCUT2D eigenvalue weighted by atomic mass is 35.5. The average Bonchev–Trinajstić information content (AvgIpc) is 2.42. The van der Waals surface area contributed by atoms with Gasteiger partial charge in [0.2, 0.25) is 0 Å². The van der Waals surface area contributed by atoms with Crippen molar-refractivity contribution in [2.45, 2.75) is 12.8 Å². The van der Waals surface area contributed by atoms with Crippen LogP contribution in [0.3, 0.4) is 0 Å². The Balaban J connectivity index is 0.000000490. The SMILES string of the molecule is CONCC1CC1.Cl. The molecule has 0 unspecified atom stereocenters. The summed E-state index contributed by atoms with van der Waals surface area (Å²) in [6.45, 7) is 1.04.